The second-order valence-corrected chi connectivity index (χ2v) is 10.5. The van der Waals surface area contributed by atoms with Crippen molar-refractivity contribution in [3.63, 3.8) is 0 Å². The van der Waals surface area contributed by atoms with E-state index in [2.05, 4.69) is 6.07 Å². The van der Waals surface area contributed by atoms with Gasteiger partial charge in [0, 0.05) is 35.2 Å². The van der Waals surface area contributed by atoms with E-state index in [1.54, 1.807) is 41.3 Å². The molecule has 0 spiro atoms. The molecule has 0 fully saturated rings. The molecular weight excluding hydrogens is 510 g/mol. The normalized spacial score (nSPS) is 11.9. The van der Waals surface area contributed by atoms with Gasteiger partial charge in [0.15, 0.2) is 5.43 Å². The quantitative estimate of drug-likeness (QED) is 0.264. The van der Waals surface area contributed by atoms with E-state index >= 15 is 0 Å². The fourth-order valence-electron chi connectivity index (χ4n) is 4.88. The molecule has 2 N–H and O–H groups in total. The summed E-state index contributed by atoms with van der Waals surface area (Å²) in [5, 5.41) is 10.3. The highest BCUT2D eigenvalue weighted by molar-refractivity contribution is 6.31. The van der Waals surface area contributed by atoms with Crippen LogP contribution in [0.3, 0.4) is 0 Å². The Labute approximate surface area is 233 Å². The van der Waals surface area contributed by atoms with Crippen LogP contribution in [0.5, 0.6) is 0 Å². The Morgan fingerprint density at radius 1 is 1.10 bits per heavy atom. The van der Waals surface area contributed by atoms with Crippen LogP contribution in [0, 0.1) is 24.2 Å². The predicted octanol–water partition coefficient (Wildman–Crippen LogP) is 6.41. The van der Waals surface area contributed by atoms with Crippen LogP contribution >= 0.6 is 11.6 Å². The van der Waals surface area contributed by atoms with Crippen molar-refractivity contribution in [3.8, 4) is 6.07 Å². The molecule has 4 rings (SSSR count). The highest BCUT2D eigenvalue weighted by Crippen LogP contribution is 2.35. The summed E-state index contributed by atoms with van der Waals surface area (Å²) in [5.41, 5.74) is 9.42. The lowest BCUT2D eigenvalue weighted by Gasteiger charge is -2.35. The standard InChI is InChI=1S/C32H32ClN3O3/c1-20(2)29(36(15-5-14-34)32(38)24-10-8-21(3)9-11-24)31-27(17-22-6-4-7-23(16-22)19-35)30(37)26-13-12-25(33)18-28(26)39-31/h4,6-13,16,18,20,29H,5,14-15,17,34H2,1-3H3. The number of hydrogen-bond donors (Lipinski definition) is 1. The first-order chi connectivity index (χ1) is 18.7. The summed E-state index contributed by atoms with van der Waals surface area (Å²) >= 11 is 6.27. The first-order valence-electron chi connectivity index (χ1n) is 13.0. The Hall–Kier alpha value is -3.92. The lowest BCUT2D eigenvalue weighted by molar-refractivity contribution is 0.0587. The summed E-state index contributed by atoms with van der Waals surface area (Å²) in [6.07, 6.45) is 0.836. The summed E-state index contributed by atoms with van der Waals surface area (Å²) < 4.78 is 6.50. The predicted molar refractivity (Wildman–Crippen MR) is 155 cm³/mol. The number of nitrogens with zero attached hydrogens (tertiary/aromatic N) is 2. The number of benzene rings is 3. The number of aryl methyl sites for hydroxylation is 1. The van der Waals surface area contributed by atoms with Gasteiger partial charge in [-0.1, -0.05) is 55.3 Å². The van der Waals surface area contributed by atoms with Crippen LogP contribution in [-0.2, 0) is 6.42 Å². The molecule has 7 heteroatoms. The van der Waals surface area contributed by atoms with Crippen LogP contribution in [0.4, 0.5) is 0 Å². The van der Waals surface area contributed by atoms with Gasteiger partial charge in [0.2, 0.25) is 0 Å². The Morgan fingerprint density at radius 2 is 1.85 bits per heavy atom. The molecule has 0 radical (unpaired) electrons. The van der Waals surface area contributed by atoms with E-state index in [1.165, 1.54) is 0 Å². The number of nitriles is 1. The lowest BCUT2D eigenvalue weighted by atomic mass is 9.91. The number of rotatable bonds is 9. The van der Waals surface area contributed by atoms with Gasteiger partial charge < -0.3 is 15.1 Å². The first kappa shape index (κ1) is 28.1. The second kappa shape index (κ2) is 12.3. The zero-order chi connectivity index (χ0) is 28.1. The van der Waals surface area contributed by atoms with Crippen LogP contribution in [0.2, 0.25) is 5.02 Å². The summed E-state index contributed by atoms with van der Waals surface area (Å²) in [4.78, 5) is 29.7. The monoisotopic (exact) mass is 541 g/mol. The highest BCUT2D eigenvalue weighted by atomic mass is 35.5. The third-order valence-corrected chi connectivity index (χ3v) is 7.05. The summed E-state index contributed by atoms with van der Waals surface area (Å²) in [7, 11) is 0. The highest BCUT2D eigenvalue weighted by Gasteiger charge is 2.33. The molecule has 3 aromatic carbocycles. The molecule has 1 unspecified atom stereocenters. The second-order valence-electron chi connectivity index (χ2n) is 10.1. The van der Waals surface area contributed by atoms with Gasteiger partial charge in [0.25, 0.3) is 5.91 Å². The van der Waals surface area contributed by atoms with E-state index in [9.17, 15) is 14.9 Å². The van der Waals surface area contributed by atoms with E-state index in [0.717, 1.165) is 11.1 Å². The molecule has 0 aliphatic carbocycles. The minimum Gasteiger partial charge on any atom is -0.458 e. The van der Waals surface area contributed by atoms with Gasteiger partial charge in [-0.3, -0.25) is 9.59 Å². The molecule has 0 saturated heterocycles. The molecule has 4 aromatic rings. The third-order valence-electron chi connectivity index (χ3n) is 6.82. The van der Waals surface area contributed by atoms with Crippen molar-refractivity contribution in [2.75, 3.05) is 13.1 Å². The van der Waals surface area contributed by atoms with E-state index in [-0.39, 0.29) is 23.7 Å². The maximum Gasteiger partial charge on any atom is 0.254 e. The van der Waals surface area contributed by atoms with Gasteiger partial charge >= 0.3 is 0 Å². The van der Waals surface area contributed by atoms with Gasteiger partial charge in [-0.25, -0.2) is 0 Å². The SMILES string of the molecule is Cc1ccc(C(=O)N(CCCN)C(c2oc3cc(Cl)ccc3c(=O)c2Cc2cccc(C#N)c2)C(C)C)cc1. The zero-order valence-electron chi connectivity index (χ0n) is 22.4. The van der Waals surface area contributed by atoms with Crippen LogP contribution in [0.15, 0.2) is 75.9 Å². The van der Waals surface area contributed by atoms with Gasteiger partial charge in [0.1, 0.15) is 11.3 Å². The fourth-order valence-corrected chi connectivity index (χ4v) is 5.04. The molecule has 39 heavy (non-hydrogen) atoms. The number of amides is 1. The molecule has 0 aliphatic heterocycles. The van der Waals surface area contributed by atoms with Crippen molar-refractivity contribution < 1.29 is 9.21 Å². The molecular formula is C32H32ClN3O3. The average Bonchev–Trinajstić information content (AvgIpc) is 2.92. The van der Waals surface area contributed by atoms with E-state index < -0.39 is 6.04 Å². The van der Waals surface area contributed by atoms with Crippen molar-refractivity contribution in [1.29, 1.82) is 5.26 Å². The molecule has 0 saturated carbocycles. The first-order valence-corrected chi connectivity index (χ1v) is 13.4. The summed E-state index contributed by atoms with van der Waals surface area (Å²) in [6.45, 7) is 6.79. The van der Waals surface area contributed by atoms with Crippen molar-refractivity contribution in [2.24, 2.45) is 11.7 Å². The lowest BCUT2D eigenvalue weighted by Crippen LogP contribution is -2.40. The summed E-state index contributed by atoms with van der Waals surface area (Å²) in [5.74, 6) is 0.166. The van der Waals surface area contributed by atoms with Gasteiger partial charge in [-0.05, 0) is 67.8 Å². The molecule has 1 atom stereocenters. The number of carbonyl (C=O) groups excluding carboxylic acids is 1. The number of carbonyl (C=O) groups is 1. The molecule has 0 bridgehead atoms. The molecule has 1 heterocycles. The van der Waals surface area contributed by atoms with Crippen LogP contribution in [0.25, 0.3) is 11.0 Å². The van der Waals surface area contributed by atoms with Gasteiger partial charge in [-0.2, -0.15) is 5.26 Å². The number of fused-ring (bicyclic) bond motifs is 1. The van der Waals surface area contributed by atoms with Crippen molar-refractivity contribution in [2.45, 2.75) is 39.7 Å². The van der Waals surface area contributed by atoms with Gasteiger partial charge in [0.05, 0.1) is 23.1 Å². The molecule has 200 valence electrons. The average molecular weight is 542 g/mol. The van der Waals surface area contributed by atoms with E-state index in [1.807, 2.05) is 51.1 Å². The van der Waals surface area contributed by atoms with Crippen molar-refractivity contribution in [1.82, 2.24) is 4.90 Å². The smallest absolute Gasteiger partial charge is 0.254 e. The van der Waals surface area contributed by atoms with Crippen LogP contribution < -0.4 is 11.2 Å². The van der Waals surface area contributed by atoms with Crippen molar-refractivity contribution >= 4 is 28.5 Å². The van der Waals surface area contributed by atoms with Gasteiger partial charge in [-0.15, -0.1) is 0 Å². The minimum atomic E-state index is -0.546. The Bertz CT molecular complexity index is 1590. The number of hydrogen-bond acceptors (Lipinski definition) is 5. The Kier molecular flexibility index (Phi) is 8.86. The fraction of sp³-hybridized carbons (Fsp3) is 0.281. The molecule has 1 amide bonds. The minimum absolute atomic E-state index is 0.0962. The number of nitrogens with two attached hydrogens (primary N) is 1. The zero-order valence-corrected chi connectivity index (χ0v) is 23.2. The van der Waals surface area contributed by atoms with E-state index in [4.69, 9.17) is 21.8 Å². The third kappa shape index (κ3) is 6.22. The molecule has 0 aliphatic rings. The summed E-state index contributed by atoms with van der Waals surface area (Å²) in [6, 6.07) is 21.2. The van der Waals surface area contributed by atoms with Crippen LogP contribution in [-0.4, -0.2) is 23.9 Å². The Morgan fingerprint density at radius 3 is 2.51 bits per heavy atom. The maximum absolute atomic E-state index is 14.0. The molecule has 6 nitrogen and oxygen atoms in total. The topological polar surface area (TPSA) is 100 Å². The largest absolute Gasteiger partial charge is 0.458 e. The number of halogens is 1. The van der Waals surface area contributed by atoms with Crippen molar-refractivity contribution in [3.05, 3.63) is 116 Å². The Balaban J connectivity index is 1.94. The van der Waals surface area contributed by atoms with E-state index in [0.29, 0.717) is 58.0 Å². The molecule has 1 aromatic heterocycles. The van der Waals surface area contributed by atoms with Crippen LogP contribution in [0.1, 0.15) is 64.7 Å². The maximum atomic E-state index is 14.0.